The van der Waals surface area contributed by atoms with E-state index in [9.17, 15) is 0 Å². The predicted octanol–water partition coefficient (Wildman–Crippen LogP) is 11.8. The topological polar surface area (TPSA) is 6.48 Å². The molecule has 0 unspecified atom stereocenters. The summed E-state index contributed by atoms with van der Waals surface area (Å²) in [7, 11) is -2.67. The van der Waals surface area contributed by atoms with Crippen LogP contribution in [0.3, 0.4) is 0 Å². The Morgan fingerprint density at radius 3 is 0.780 bits per heavy atom. The minimum absolute atomic E-state index is 1.08. The molecule has 10 rings (SSSR count). The average Bonchev–Trinajstić information content (AvgIpc) is 3.32. The molecule has 0 N–H and O–H groups in total. The molecule has 0 saturated heterocycles. The van der Waals surface area contributed by atoms with Crippen molar-refractivity contribution in [3.05, 3.63) is 229 Å². The Hall–Kier alpha value is -6.42. The number of anilines is 6. The zero-order valence-corrected chi connectivity index (χ0v) is 34.7. The Bertz CT molecular complexity index is 2460. The standard InChI is InChI=1S/C56H50N2Si/c1-7-23-43(24-8-1)57(44-25-9-2-10-26-44)55-51-35-19-21-37-53(51)56(54-38-22-20-36-52(54)55)58(45-27-11-3-12-28-45)46-39-41-50(42-40-46)59(47-29-13-4-14-30-47,48-31-15-5-16-32-48)49-33-17-6-18-34-49/h1-18,23-34,39-42H,19-22,35-38H2. The van der Waals surface area contributed by atoms with Gasteiger partial charge in [-0.25, -0.2) is 0 Å². The number of fused-ring (bicyclic) bond motifs is 2. The number of nitrogens with zero attached hydrogens (tertiary/aromatic N) is 2. The second kappa shape index (κ2) is 16.4. The molecule has 0 radical (unpaired) electrons. The molecule has 0 aliphatic heterocycles. The molecule has 3 heteroatoms. The van der Waals surface area contributed by atoms with Gasteiger partial charge >= 0.3 is 0 Å². The zero-order chi connectivity index (χ0) is 39.4. The van der Waals surface area contributed by atoms with Gasteiger partial charge in [-0.1, -0.05) is 158 Å². The summed E-state index contributed by atoms with van der Waals surface area (Å²) in [5.74, 6) is 0. The fraction of sp³-hybridized carbons (Fsp3) is 0.143. The Balaban J connectivity index is 1.21. The Morgan fingerprint density at radius 2 is 0.492 bits per heavy atom. The summed E-state index contributed by atoms with van der Waals surface area (Å²) in [4.78, 5) is 5.22. The van der Waals surface area contributed by atoms with E-state index in [0.717, 1.165) is 25.7 Å². The van der Waals surface area contributed by atoms with Crippen LogP contribution < -0.4 is 30.5 Å². The highest BCUT2D eigenvalue weighted by atomic mass is 28.3. The number of hydrogen-bond donors (Lipinski definition) is 0. The monoisotopic (exact) mass is 778 g/mol. The summed E-state index contributed by atoms with van der Waals surface area (Å²) in [5.41, 5.74) is 13.9. The first-order valence-electron chi connectivity index (χ1n) is 21.5. The quantitative estimate of drug-likeness (QED) is 0.0775. The highest BCUT2D eigenvalue weighted by molar-refractivity contribution is 7.19. The molecule has 2 aliphatic rings. The molecule has 0 saturated carbocycles. The number of rotatable bonds is 10. The van der Waals surface area contributed by atoms with E-state index in [0.29, 0.717) is 0 Å². The van der Waals surface area contributed by atoms with E-state index in [1.165, 1.54) is 103 Å². The van der Waals surface area contributed by atoms with E-state index >= 15 is 0 Å². The van der Waals surface area contributed by atoms with Gasteiger partial charge in [0.1, 0.15) is 0 Å². The van der Waals surface area contributed by atoms with Crippen molar-refractivity contribution in [2.75, 3.05) is 9.80 Å². The minimum atomic E-state index is -2.67. The molecule has 288 valence electrons. The Morgan fingerprint density at radius 1 is 0.254 bits per heavy atom. The molecule has 0 atom stereocenters. The highest BCUT2D eigenvalue weighted by Crippen LogP contribution is 2.52. The van der Waals surface area contributed by atoms with Crippen LogP contribution in [0.25, 0.3) is 0 Å². The molecular formula is C56H50N2Si. The van der Waals surface area contributed by atoms with Crippen molar-refractivity contribution in [2.45, 2.75) is 51.4 Å². The third kappa shape index (κ3) is 6.70. The van der Waals surface area contributed by atoms with Gasteiger partial charge in [-0.3, -0.25) is 0 Å². The highest BCUT2D eigenvalue weighted by Gasteiger charge is 2.41. The summed E-state index contributed by atoms with van der Waals surface area (Å²) >= 11 is 0. The molecule has 2 aliphatic carbocycles. The van der Waals surface area contributed by atoms with Crippen molar-refractivity contribution in [1.29, 1.82) is 0 Å². The van der Waals surface area contributed by atoms with Crippen LogP contribution in [0.15, 0.2) is 206 Å². The van der Waals surface area contributed by atoms with Crippen molar-refractivity contribution in [1.82, 2.24) is 0 Å². The van der Waals surface area contributed by atoms with Crippen molar-refractivity contribution in [2.24, 2.45) is 0 Å². The van der Waals surface area contributed by atoms with Gasteiger partial charge in [-0.2, -0.15) is 0 Å². The van der Waals surface area contributed by atoms with Crippen LogP contribution in [0.5, 0.6) is 0 Å². The molecule has 0 amide bonds. The van der Waals surface area contributed by atoms with Crippen molar-refractivity contribution in [3.8, 4) is 0 Å². The maximum Gasteiger partial charge on any atom is 0.179 e. The molecular weight excluding hydrogens is 729 g/mol. The van der Waals surface area contributed by atoms with Gasteiger partial charge in [0, 0.05) is 22.7 Å². The van der Waals surface area contributed by atoms with Gasteiger partial charge < -0.3 is 9.80 Å². The van der Waals surface area contributed by atoms with Gasteiger partial charge in [0.15, 0.2) is 8.07 Å². The lowest BCUT2D eigenvalue weighted by Crippen LogP contribution is -2.74. The predicted molar refractivity (Wildman–Crippen MR) is 253 cm³/mol. The summed E-state index contributed by atoms with van der Waals surface area (Å²) in [6.07, 6.45) is 9.16. The average molecular weight is 779 g/mol. The van der Waals surface area contributed by atoms with Crippen LogP contribution in [0, 0.1) is 0 Å². The molecule has 0 bridgehead atoms. The van der Waals surface area contributed by atoms with Crippen LogP contribution in [0.1, 0.15) is 47.9 Å². The maximum atomic E-state index is 2.63. The molecule has 0 heterocycles. The van der Waals surface area contributed by atoms with Gasteiger partial charge in [0.05, 0.1) is 11.4 Å². The third-order valence-corrected chi connectivity index (χ3v) is 17.5. The largest absolute Gasteiger partial charge is 0.310 e. The lowest BCUT2D eigenvalue weighted by atomic mass is 9.78. The number of hydrogen-bond acceptors (Lipinski definition) is 2. The van der Waals surface area contributed by atoms with E-state index in [2.05, 4.69) is 216 Å². The van der Waals surface area contributed by atoms with E-state index in [4.69, 9.17) is 0 Å². The van der Waals surface area contributed by atoms with Crippen molar-refractivity contribution >= 4 is 62.9 Å². The van der Waals surface area contributed by atoms with Gasteiger partial charge in [-0.15, -0.1) is 0 Å². The van der Waals surface area contributed by atoms with Gasteiger partial charge in [0.25, 0.3) is 0 Å². The van der Waals surface area contributed by atoms with E-state index in [1.54, 1.807) is 0 Å². The molecule has 0 fully saturated rings. The van der Waals surface area contributed by atoms with Crippen LogP contribution in [0.4, 0.5) is 34.1 Å². The smallest absolute Gasteiger partial charge is 0.179 e. The van der Waals surface area contributed by atoms with Crippen LogP contribution in [0.2, 0.25) is 0 Å². The van der Waals surface area contributed by atoms with E-state index < -0.39 is 8.07 Å². The first-order chi connectivity index (χ1) is 29.3. The zero-order valence-electron chi connectivity index (χ0n) is 33.7. The molecule has 8 aromatic carbocycles. The first-order valence-corrected chi connectivity index (χ1v) is 23.5. The lowest BCUT2D eigenvalue weighted by Gasteiger charge is -2.40. The SMILES string of the molecule is c1ccc(N(c2ccccc2)c2c3c(c(N(c4ccccc4)c4ccc([Si](c5ccccc5)(c5ccccc5)c5ccccc5)cc4)c4c2CCCC4)CCCC3)cc1. The molecule has 0 aromatic heterocycles. The molecule has 59 heavy (non-hydrogen) atoms. The van der Waals surface area contributed by atoms with E-state index in [-0.39, 0.29) is 0 Å². The number of para-hydroxylation sites is 3. The molecule has 2 nitrogen and oxygen atoms in total. The summed E-state index contributed by atoms with van der Waals surface area (Å²) in [6.45, 7) is 0. The lowest BCUT2D eigenvalue weighted by molar-refractivity contribution is 0.659. The Labute approximate surface area is 351 Å². The first kappa shape index (κ1) is 36.9. The summed E-state index contributed by atoms with van der Waals surface area (Å²) in [5, 5.41) is 5.57. The van der Waals surface area contributed by atoms with Gasteiger partial charge in [-0.05, 0) is 143 Å². The summed E-state index contributed by atoms with van der Waals surface area (Å²) in [6, 6.07) is 76.9. The van der Waals surface area contributed by atoms with Gasteiger partial charge in [0.2, 0.25) is 0 Å². The van der Waals surface area contributed by atoms with Crippen LogP contribution >= 0.6 is 0 Å². The van der Waals surface area contributed by atoms with Crippen molar-refractivity contribution < 1.29 is 0 Å². The normalized spacial score (nSPS) is 13.6. The minimum Gasteiger partial charge on any atom is -0.310 e. The fourth-order valence-electron chi connectivity index (χ4n) is 10.2. The van der Waals surface area contributed by atoms with Crippen LogP contribution in [-0.4, -0.2) is 8.07 Å². The Kier molecular flexibility index (Phi) is 10.3. The second-order valence-corrected chi connectivity index (χ2v) is 19.9. The maximum absolute atomic E-state index is 2.67. The second-order valence-electron chi connectivity index (χ2n) is 16.1. The van der Waals surface area contributed by atoms with Crippen molar-refractivity contribution in [3.63, 3.8) is 0 Å². The molecule has 0 spiro atoms. The summed E-state index contributed by atoms with van der Waals surface area (Å²) < 4.78 is 0. The van der Waals surface area contributed by atoms with E-state index in [1.807, 2.05) is 0 Å². The molecule has 8 aromatic rings. The number of benzene rings is 8. The third-order valence-electron chi connectivity index (χ3n) is 12.7. The van der Waals surface area contributed by atoms with Crippen LogP contribution in [-0.2, 0) is 25.7 Å². The fourth-order valence-corrected chi connectivity index (χ4v) is 15.0.